The Morgan fingerprint density at radius 2 is 2.17 bits per heavy atom. The first kappa shape index (κ1) is 17.9. The molecule has 0 saturated carbocycles. The van der Waals surface area contributed by atoms with Crippen LogP contribution in [0.4, 0.5) is 5.69 Å². The van der Waals surface area contributed by atoms with Gasteiger partial charge in [-0.1, -0.05) is 18.5 Å². The molecule has 10 heteroatoms. The quantitative estimate of drug-likeness (QED) is 0.559. The largest absolute Gasteiger partial charge is 0.339 e. The van der Waals surface area contributed by atoms with E-state index in [1.165, 1.54) is 15.8 Å². The third kappa shape index (κ3) is 4.10. The van der Waals surface area contributed by atoms with Gasteiger partial charge in [0.2, 0.25) is 5.91 Å². The van der Waals surface area contributed by atoms with Crippen LogP contribution in [-0.4, -0.2) is 42.3 Å². The smallest absolute Gasteiger partial charge is 0.306 e. The number of carbonyl (C=O) groups is 1. The average molecular weight is 355 g/mol. The molecule has 1 unspecified atom stereocenters. The second kappa shape index (κ2) is 7.43. The van der Waals surface area contributed by atoms with Gasteiger partial charge in [0.15, 0.2) is 0 Å². The predicted octanol–water partition coefficient (Wildman–Crippen LogP) is 1.96. The maximum absolute atomic E-state index is 12.5. The molecule has 0 saturated heterocycles. The first-order valence-electron chi connectivity index (χ1n) is 7.45. The Kier molecular flexibility index (Phi) is 5.55. The molecule has 24 heavy (non-hydrogen) atoms. The van der Waals surface area contributed by atoms with Gasteiger partial charge in [-0.05, 0) is 6.92 Å². The number of hydrogen-bond acceptors (Lipinski definition) is 5. The maximum Gasteiger partial charge on any atom is 0.306 e. The number of hydrogen-bond donors (Lipinski definition) is 0. The molecular formula is C14H19ClN6O3. The van der Waals surface area contributed by atoms with Crippen LogP contribution in [0.3, 0.4) is 0 Å². The summed E-state index contributed by atoms with van der Waals surface area (Å²) in [6, 6.07) is 0. The van der Waals surface area contributed by atoms with Gasteiger partial charge in [-0.15, -0.1) is 0 Å². The number of aromatic nitrogens is 4. The van der Waals surface area contributed by atoms with E-state index in [1.807, 2.05) is 6.92 Å². The van der Waals surface area contributed by atoms with Crippen molar-refractivity contribution in [2.45, 2.75) is 33.5 Å². The van der Waals surface area contributed by atoms with E-state index < -0.39 is 4.92 Å². The molecule has 0 aliphatic heterocycles. The first-order valence-corrected chi connectivity index (χ1v) is 7.83. The van der Waals surface area contributed by atoms with Crippen LogP contribution in [0, 0.1) is 16.0 Å². The third-order valence-corrected chi connectivity index (χ3v) is 3.90. The number of carbonyl (C=O) groups excluding carboxylic acids is 1. The Morgan fingerprint density at radius 3 is 2.71 bits per heavy atom. The van der Waals surface area contributed by atoms with Crippen LogP contribution in [-0.2, 0) is 24.4 Å². The van der Waals surface area contributed by atoms with E-state index >= 15 is 0 Å². The highest BCUT2D eigenvalue weighted by atomic mass is 35.5. The molecule has 2 rings (SSSR count). The normalized spacial score (nSPS) is 12.2. The summed E-state index contributed by atoms with van der Waals surface area (Å²) in [5.41, 5.74) is 0.538. The summed E-state index contributed by atoms with van der Waals surface area (Å²) < 4.78 is 3.11. The SMILES string of the molecule is CCn1cc(Cl)c(CN(C)C(=O)C(C)Cn2cc([N+](=O)[O-])cn2)n1. The zero-order valence-corrected chi connectivity index (χ0v) is 14.5. The first-order chi connectivity index (χ1) is 11.3. The second-order valence-corrected chi connectivity index (χ2v) is 5.96. The van der Waals surface area contributed by atoms with Crippen LogP contribution in [0.25, 0.3) is 0 Å². The number of nitrogens with zero attached hydrogens (tertiary/aromatic N) is 6. The molecule has 1 atom stereocenters. The topological polar surface area (TPSA) is 99.1 Å². The fourth-order valence-corrected chi connectivity index (χ4v) is 2.50. The standard InChI is InChI=1S/C14H19ClN6O3/c1-4-19-8-12(15)13(17-19)9-18(3)14(22)10(2)6-20-7-11(5-16-20)21(23)24/h5,7-8,10H,4,6,9H2,1-3H3. The number of amides is 1. The molecule has 0 radical (unpaired) electrons. The van der Waals surface area contributed by atoms with Crippen LogP contribution in [0.5, 0.6) is 0 Å². The Morgan fingerprint density at radius 1 is 1.46 bits per heavy atom. The highest BCUT2D eigenvalue weighted by Gasteiger charge is 2.21. The van der Waals surface area contributed by atoms with E-state index in [-0.39, 0.29) is 24.1 Å². The lowest BCUT2D eigenvalue weighted by Crippen LogP contribution is -2.33. The van der Waals surface area contributed by atoms with Crippen molar-refractivity contribution in [1.29, 1.82) is 0 Å². The van der Waals surface area contributed by atoms with Gasteiger partial charge in [0.25, 0.3) is 0 Å². The molecule has 0 aliphatic rings. The highest BCUT2D eigenvalue weighted by Crippen LogP contribution is 2.17. The zero-order valence-electron chi connectivity index (χ0n) is 13.7. The fraction of sp³-hybridized carbons (Fsp3) is 0.500. The summed E-state index contributed by atoms with van der Waals surface area (Å²) in [6.07, 6.45) is 4.20. The summed E-state index contributed by atoms with van der Waals surface area (Å²) >= 11 is 6.11. The van der Waals surface area contributed by atoms with Crippen molar-refractivity contribution in [3.8, 4) is 0 Å². The molecule has 1 amide bonds. The summed E-state index contributed by atoms with van der Waals surface area (Å²) in [5, 5.41) is 19.4. The van der Waals surface area contributed by atoms with E-state index in [2.05, 4.69) is 10.2 Å². The predicted molar refractivity (Wildman–Crippen MR) is 87.4 cm³/mol. The molecule has 0 aliphatic carbocycles. The van der Waals surface area contributed by atoms with Gasteiger partial charge in [-0.2, -0.15) is 10.2 Å². The van der Waals surface area contributed by atoms with Crippen molar-refractivity contribution in [2.75, 3.05) is 7.05 Å². The average Bonchev–Trinajstić information content (AvgIpc) is 3.13. The molecule has 0 bridgehead atoms. The van der Waals surface area contributed by atoms with Gasteiger partial charge < -0.3 is 4.90 Å². The third-order valence-electron chi connectivity index (χ3n) is 3.59. The molecule has 2 aromatic rings. The van der Waals surface area contributed by atoms with Gasteiger partial charge in [-0.3, -0.25) is 24.3 Å². The molecule has 2 heterocycles. The monoisotopic (exact) mass is 354 g/mol. The van der Waals surface area contributed by atoms with E-state index in [9.17, 15) is 14.9 Å². The van der Waals surface area contributed by atoms with Crippen LogP contribution >= 0.6 is 11.6 Å². The Labute approximate surface area is 144 Å². The molecule has 9 nitrogen and oxygen atoms in total. The molecular weight excluding hydrogens is 336 g/mol. The molecule has 0 aromatic carbocycles. The van der Waals surface area contributed by atoms with E-state index in [0.29, 0.717) is 23.8 Å². The lowest BCUT2D eigenvalue weighted by molar-refractivity contribution is -0.385. The van der Waals surface area contributed by atoms with E-state index in [1.54, 1.807) is 24.9 Å². The van der Waals surface area contributed by atoms with Gasteiger partial charge in [0, 0.05) is 19.8 Å². The van der Waals surface area contributed by atoms with E-state index in [0.717, 1.165) is 6.20 Å². The fourth-order valence-electron chi connectivity index (χ4n) is 2.29. The maximum atomic E-state index is 12.5. The Bertz CT molecular complexity index is 741. The van der Waals surface area contributed by atoms with E-state index in [4.69, 9.17) is 11.6 Å². The van der Waals surface area contributed by atoms with Gasteiger partial charge in [0.1, 0.15) is 18.1 Å². The number of nitro groups is 1. The summed E-state index contributed by atoms with van der Waals surface area (Å²) in [4.78, 5) is 24.1. The van der Waals surface area contributed by atoms with Crippen LogP contribution in [0.15, 0.2) is 18.6 Å². The van der Waals surface area contributed by atoms with Gasteiger partial charge >= 0.3 is 5.69 Å². The van der Waals surface area contributed by atoms with Crippen molar-refractivity contribution >= 4 is 23.2 Å². The molecule has 2 aromatic heterocycles. The minimum Gasteiger partial charge on any atom is -0.339 e. The van der Waals surface area contributed by atoms with Crippen molar-refractivity contribution in [1.82, 2.24) is 24.5 Å². The van der Waals surface area contributed by atoms with Crippen molar-refractivity contribution in [2.24, 2.45) is 5.92 Å². The molecule has 130 valence electrons. The number of rotatable bonds is 7. The zero-order chi connectivity index (χ0) is 17.9. The van der Waals surface area contributed by atoms with Crippen LogP contribution in [0.1, 0.15) is 19.5 Å². The molecule has 0 spiro atoms. The number of halogens is 1. The number of aryl methyl sites for hydroxylation is 1. The Hall–Kier alpha value is -2.42. The van der Waals surface area contributed by atoms with Crippen molar-refractivity contribution in [3.63, 3.8) is 0 Å². The van der Waals surface area contributed by atoms with Crippen LogP contribution in [0.2, 0.25) is 5.02 Å². The highest BCUT2D eigenvalue weighted by molar-refractivity contribution is 6.31. The molecule has 0 fully saturated rings. The van der Waals surface area contributed by atoms with Crippen molar-refractivity contribution in [3.05, 3.63) is 39.4 Å². The lowest BCUT2D eigenvalue weighted by atomic mass is 10.1. The summed E-state index contributed by atoms with van der Waals surface area (Å²) in [6.45, 7) is 4.96. The van der Waals surface area contributed by atoms with Crippen molar-refractivity contribution < 1.29 is 9.72 Å². The Balaban J connectivity index is 1.98. The lowest BCUT2D eigenvalue weighted by Gasteiger charge is -2.20. The van der Waals surface area contributed by atoms with Gasteiger partial charge in [0.05, 0.1) is 29.0 Å². The minimum atomic E-state index is -0.520. The molecule has 0 N–H and O–H groups in total. The second-order valence-electron chi connectivity index (χ2n) is 5.55. The minimum absolute atomic E-state index is 0.0973. The summed E-state index contributed by atoms with van der Waals surface area (Å²) in [7, 11) is 1.67. The summed E-state index contributed by atoms with van der Waals surface area (Å²) in [5.74, 6) is -0.503. The van der Waals surface area contributed by atoms with Crippen LogP contribution < -0.4 is 0 Å². The van der Waals surface area contributed by atoms with Gasteiger partial charge in [-0.25, -0.2) is 0 Å².